The number of rotatable bonds is 4. The zero-order chi connectivity index (χ0) is 14.4. The predicted octanol–water partition coefficient (Wildman–Crippen LogP) is 4.32. The summed E-state index contributed by atoms with van der Waals surface area (Å²) in [5.74, 6) is -0.153. The maximum Gasteiger partial charge on any atom is 0.244 e. The summed E-state index contributed by atoms with van der Waals surface area (Å²) in [6, 6.07) is 14.7. The van der Waals surface area contributed by atoms with E-state index < -0.39 is 0 Å². The fourth-order valence-electron chi connectivity index (χ4n) is 1.63. The number of carbonyl (C=O) groups is 1. The number of benzene rings is 2. The number of amides is 1. The van der Waals surface area contributed by atoms with E-state index in [9.17, 15) is 4.79 Å². The summed E-state index contributed by atoms with van der Waals surface area (Å²) in [5.41, 5.74) is 1.89. The fourth-order valence-corrected chi connectivity index (χ4v) is 1.96. The van der Waals surface area contributed by atoms with Gasteiger partial charge in [0, 0.05) is 22.7 Å². The molecule has 0 heterocycles. The van der Waals surface area contributed by atoms with E-state index in [1.54, 1.807) is 30.3 Å². The molecule has 0 aromatic heterocycles. The van der Waals surface area contributed by atoms with Gasteiger partial charge in [0.1, 0.15) is 0 Å². The molecule has 0 saturated heterocycles. The van der Waals surface area contributed by atoms with E-state index in [1.807, 2.05) is 24.3 Å². The molecule has 0 fully saturated rings. The van der Waals surface area contributed by atoms with Crippen LogP contribution < -0.4 is 5.32 Å². The fraction of sp³-hybridized carbons (Fsp3) is 0.0625. The van der Waals surface area contributed by atoms with Gasteiger partial charge in [0.25, 0.3) is 0 Å². The minimum atomic E-state index is -0.153. The third-order valence-corrected chi connectivity index (χ3v) is 3.14. The van der Waals surface area contributed by atoms with Crippen LogP contribution in [0, 0.1) is 0 Å². The Morgan fingerprint density at radius 2 is 1.80 bits per heavy atom. The molecule has 4 heteroatoms. The molecule has 0 radical (unpaired) electrons. The highest BCUT2D eigenvalue weighted by Gasteiger charge is 1.97. The van der Waals surface area contributed by atoms with Gasteiger partial charge in [-0.3, -0.25) is 4.79 Å². The summed E-state index contributed by atoms with van der Waals surface area (Å²) in [5, 5.41) is 4.13. The predicted molar refractivity (Wildman–Crippen MR) is 83.8 cm³/mol. The molecule has 2 aromatic carbocycles. The SMILES string of the molecule is O=C(C=Cc1cccc(Cl)c1)NCc1ccc(Cl)cc1. The number of hydrogen-bond donors (Lipinski definition) is 1. The minimum Gasteiger partial charge on any atom is -0.348 e. The molecule has 0 unspecified atom stereocenters. The first-order valence-corrected chi connectivity index (χ1v) is 6.85. The second kappa shape index (κ2) is 7.13. The lowest BCUT2D eigenvalue weighted by Gasteiger charge is -2.02. The van der Waals surface area contributed by atoms with Crippen LogP contribution in [0.4, 0.5) is 0 Å². The second-order valence-corrected chi connectivity index (χ2v) is 5.11. The molecule has 0 aliphatic rings. The third-order valence-electron chi connectivity index (χ3n) is 2.66. The Morgan fingerprint density at radius 1 is 1.05 bits per heavy atom. The smallest absolute Gasteiger partial charge is 0.244 e. The first kappa shape index (κ1) is 14.6. The second-order valence-electron chi connectivity index (χ2n) is 4.23. The minimum absolute atomic E-state index is 0.153. The molecule has 0 atom stereocenters. The van der Waals surface area contributed by atoms with E-state index >= 15 is 0 Å². The summed E-state index contributed by atoms with van der Waals surface area (Å²) in [4.78, 5) is 11.7. The monoisotopic (exact) mass is 305 g/mol. The van der Waals surface area contributed by atoms with E-state index in [0.29, 0.717) is 16.6 Å². The summed E-state index contributed by atoms with van der Waals surface area (Å²) >= 11 is 11.7. The van der Waals surface area contributed by atoms with Crippen molar-refractivity contribution in [3.8, 4) is 0 Å². The molecule has 102 valence electrons. The first-order chi connectivity index (χ1) is 9.63. The van der Waals surface area contributed by atoms with Crippen LogP contribution in [0.5, 0.6) is 0 Å². The van der Waals surface area contributed by atoms with E-state index in [-0.39, 0.29) is 5.91 Å². The molecule has 0 bridgehead atoms. The summed E-state index contributed by atoms with van der Waals surface area (Å²) in [6.07, 6.45) is 3.21. The number of carbonyl (C=O) groups excluding carboxylic acids is 1. The molecule has 2 aromatic rings. The van der Waals surface area contributed by atoms with Crippen molar-refractivity contribution in [2.24, 2.45) is 0 Å². The standard InChI is InChI=1S/C16H13Cl2NO/c17-14-7-4-13(5-8-14)11-19-16(20)9-6-12-2-1-3-15(18)10-12/h1-10H,11H2,(H,19,20). The van der Waals surface area contributed by atoms with Crippen molar-refractivity contribution >= 4 is 35.2 Å². The van der Waals surface area contributed by atoms with Gasteiger partial charge >= 0.3 is 0 Å². The van der Waals surface area contributed by atoms with Crippen molar-refractivity contribution < 1.29 is 4.79 Å². The van der Waals surface area contributed by atoms with Gasteiger partial charge in [-0.1, -0.05) is 47.5 Å². The molecule has 2 nitrogen and oxygen atoms in total. The van der Waals surface area contributed by atoms with Gasteiger partial charge in [-0.15, -0.1) is 0 Å². The van der Waals surface area contributed by atoms with Gasteiger partial charge in [-0.2, -0.15) is 0 Å². The van der Waals surface area contributed by atoms with Crippen LogP contribution in [0.1, 0.15) is 11.1 Å². The van der Waals surface area contributed by atoms with E-state index in [0.717, 1.165) is 11.1 Å². The maximum absolute atomic E-state index is 11.7. The Bertz CT molecular complexity index is 621. The van der Waals surface area contributed by atoms with Crippen molar-refractivity contribution in [3.05, 3.63) is 75.8 Å². The lowest BCUT2D eigenvalue weighted by molar-refractivity contribution is -0.116. The van der Waals surface area contributed by atoms with Gasteiger partial charge in [-0.05, 0) is 41.5 Å². The summed E-state index contributed by atoms with van der Waals surface area (Å²) < 4.78 is 0. The van der Waals surface area contributed by atoms with Crippen LogP contribution in [0.15, 0.2) is 54.6 Å². The highest BCUT2D eigenvalue weighted by Crippen LogP contribution is 2.12. The molecule has 0 spiro atoms. The molecule has 1 amide bonds. The molecule has 2 rings (SSSR count). The molecular formula is C16H13Cl2NO. The van der Waals surface area contributed by atoms with Crippen LogP contribution in [0.2, 0.25) is 10.0 Å². The molecule has 0 saturated carbocycles. The lowest BCUT2D eigenvalue weighted by atomic mass is 10.2. The maximum atomic E-state index is 11.7. The summed E-state index contributed by atoms with van der Waals surface area (Å²) in [7, 11) is 0. The molecular weight excluding hydrogens is 293 g/mol. The first-order valence-electron chi connectivity index (χ1n) is 6.09. The topological polar surface area (TPSA) is 29.1 Å². The van der Waals surface area contributed by atoms with Crippen molar-refractivity contribution in [1.29, 1.82) is 0 Å². The third kappa shape index (κ3) is 4.72. The van der Waals surface area contributed by atoms with Gasteiger partial charge in [0.15, 0.2) is 0 Å². The Labute approximate surface area is 128 Å². The Kier molecular flexibility index (Phi) is 5.22. The van der Waals surface area contributed by atoms with Gasteiger partial charge < -0.3 is 5.32 Å². The Morgan fingerprint density at radius 3 is 2.50 bits per heavy atom. The van der Waals surface area contributed by atoms with Crippen LogP contribution in [0.3, 0.4) is 0 Å². The zero-order valence-corrected chi connectivity index (χ0v) is 12.2. The lowest BCUT2D eigenvalue weighted by Crippen LogP contribution is -2.20. The van der Waals surface area contributed by atoms with Crippen molar-refractivity contribution in [2.45, 2.75) is 6.54 Å². The van der Waals surface area contributed by atoms with Gasteiger partial charge in [0.2, 0.25) is 5.91 Å². The molecule has 20 heavy (non-hydrogen) atoms. The quantitative estimate of drug-likeness (QED) is 0.837. The number of hydrogen-bond acceptors (Lipinski definition) is 1. The normalized spacial score (nSPS) is 10.7. The van der Waals surface area contributed by atoms with Crippen LogP contribution >= 0.6 is 23.2 Å². The largest absolute Gasteiger partial charge is 0.348 e. The van der Waals surface area contributed by atoms with E-state index in [2.05, 4.69) is 5.32 Å². The van der Waals surface area contributed by atoms with Crippen molar-refractivity contribution in [2.75, 3.05) is 0 Å². The Hall–Kier alpha value is -1.77. The molecule has 0 aliphatic heterocycles. The van der Waals surface area contributed by atoms with E-state index in [1.165, 1.54) is 6.08 Å². The average molecular weight is 306 g/mol. The van der Waals surface area contributed by atoms with Crippen molar-refractivity contribution in [3.63, 3.8) is 0 Å². The van der Waals surface area contributed by atoms with Gasteiger partial charge in [-0.25, -0.2) is 0 Å². The van der Waals surface area contributed by atoms with Gasteiger partial charge in [0.05, 0.1) is 0 Å². The van der Waals surface area contributed by atoms with Crippen LogP contribution in [-0.2, 0) is 11.3 Å². The average Bonchev–Trinajstić information content (AvgIpc) is 2.45. The van der Waals surface area contributed by atoms with Crippen LogP contribution in [0.25, 0.3) is 6.08 Å². The summed E-state index contributed by atoms with van der Waals surface area (Å²) in [6.45, 7) is 0.468. The number of halogens is 2. The van der Waals surface area contributed by atoms with Crippen molar-refractivity contribution in [1.82, 2.24) is 5.32 Å². The molecule has 0 aliphatic carbocycles. The highest BCUT2D eigenvalue weighted by molar-refractivity contribution is 6.30. The van der Waals surface area contributed by atoms with Crippen LogP contribution in [-0.4, -0.2) is 5.91 Å². The number of nitrogens with one attached hydrogen (secondary N) is 1. The highest BCUT2D eigenvalue weighted by atomic mass is 35.5. The molecule has 1 N–H and O–H groups in total. The van der Waals surface area contributed by atoms with E-state index in [4.69, 9.17) is 23.2 Å². The zero-order valence-electron chi connectivity index (χ0n) is 10.6. The Balaban J connectivity index is 1.88.